The van der Waals surface area contributed by atoms with Gasteiger partial charge in [0.1, 0.15) is 5.60 Å². The van der Waals surface area contributed by atoms with Crippen LogP contribution in [0.25, 0.3) is 10.9 Å². The van der Waals surface area contributed by atoms with E-state index in [2.05, 4.69) is 21.5 Å². The number of benzene rings is 1. The van der Waals surface area contributed by atoms with Crippen LogP contribution in [0.3, 0.4) is 0 Å². The number of piperidine rings is 1. The van der Waals surface area contributed by atoms with Gasteiger partial charge in [-0.3, -0.25) is 4.98 Å². The molecule has 200 valence electrons. The minimum atomic E-state index is -4.00. The highest BCUT2D eigenvalue weighted by atomic mass is 32.2. The summed E-state index contributed by atoms with van der Waals surface area (Å²) in [5.41, 5.74) is 1.15. The molecule has 1 atom stereocenters. The van der Waals surface area contributed by atoms with Crippen molar-refractivity contribution in [3.05, 3.63) is 24.4 Å². The van der Waals surface area contributed by atoms with E-state index in [0.717, 1.165) is 48.9 Å². The second-order valence-electron chi connectivity index (χ2n) is 10.0. The van der Waals surface area contributed by atoms with E-state index in [0.29, 0.717) is 17.4 Å². The average molecular weight is 523 g/mol. The quantitative estimate of drug-likeness (QED) is 0.510. The van der Waals surface area contributed by atoms with Gasteiger partial charge in [0.25, 0.3) is 0 Å². The van der Waals surface area contributed by atoms with Gasteiger partial charge < -0.3 is 19.1 Å². The number of amides is 1. The molecule has 10 nitrogen and oxygen atoms in total. The molecule has 0 radical (unpaired) electrons. The molecule has 11 heteroatoms. The van der Waals surface area contributed by atoms with Gasteiger partial charge in [-0.2, -0.15) is 13.1 Å². The van der Waals surface area contributed by atoms with Crippen molar-refractivity contribution < 1.29 is 27.4 Å². The van der Waals surface area contributed by atoms with Gasteiger partial charge in [-0.15, -0.1) is 0 Å². The smallest absolute Gasteiger partial charge is 0.422 e. The zero-order chi connectivity index (χ0) is 26.5. The Balaban J connectivity index is 1.62. The molecule has 2 N–H and O–H groups in total. The number of carbonyl (C=O) groups excluding carboxylic acids is 1. The summed E-state index contributed by atoms with van der Waals surface area (Å²) in [5, 5.41) is 1.00. The number of pyridine rings is 1. The minimum absolute atomic E-state index is 0.154. The Kier molecular flexibility index (Phi) is 8.89. The maximum atomic E-state index is 12.3. The first kappa shape index (κ1) is 27.8. The van der Waals surface area contributed by atoms with E-state index in [1.165, 1.54) is 0 Å². The predicted octanol–water partition coefficient (Wildman–Crippen LogP) is 3.85. The third-order valence-corrected chi connectivity index (χ3v) is 7.43. The third kappa shape index (κ3) is 7.13. The van der Waals surface area contributed by atoms with E-state index in [1.54, 1.807) is 41.2 Å². The van der Waals surface area contributed by atoms with Gasteiger partial charge in [0.05, 0.1) is 19.7 Å². The van der Waals surface area contributed by atoms with Crippen LogP contribution >= 0.6 is 0 Å². The number of hydrogen-bond donors (Lipinski definition) is 2. The molecule has 36 heavy (non-hydrogen) atoms. The molecule has 0 saturated carbocycles. The summed E-state index contributed by atoms with van der Waals surface area (Å²) in [7, 11) is -0.776. The number of aromatic nitrogens is 1. The van der Waals surface area contributed by atoms with Crippen LogP contribution < -0.4 is 23.8 Å². The molecule has 1 fully saturated rings. The summed E-state index contributed by atoms with van der Waals surface area (Å²) in [5.74, 6) is 1.81. The summed E-state index contributed by atoms with van der Waals surface area (Å²) in [6.45, 7) is 9.03. The van der Waals surface area contributed by atoms with Gasteiger partial charge in [-0.05, 0) is 57.6 Å². The van der Waals surface area contributed by atoms with Crippen LogP contribution in [0.5, 0.6) is 11.5 Å². The third-order valence-electron chi connectivity index (χ3n) is 6.45. The number of nitrogens with one attached hydrogen (secondary N) is 2. The summed E-state index contributed by atoms with van der Waals surface area (Å²) < 4.78 is 45.1. The number of anilines is 1. The molecular formula is C25H38N4O6S. The van der Waals surface area contributed by atoms with Crippen LogP contribution in [0.2, 0.25) is 0 Å². The molecule has 0 spiro atoms. The van der Waals surface area contributed by atoms with E-state index in [9.17, 15) is 13.2 Å². The molecular weight excluding hydrogens is 484 g/mol. The molecule has 2 heterocycles. The summed E-state index contributed by atoms with van der Waals surface area (Å²) in [6, 6.07) is 5.86. The lowest BCUT2D eigenvalue weighted by atomic mass is 9.82. The maximum Gasteiger partial charge on any atom is 0.422 e. The molecule has 1 saturated heterocycles. The first-order valence-corrected chi connectivity index (χ1v) is 13.7. The summed E-state index contributed by atoms with van der Waals surface area (Å²) in [4.78, 5) is 18.7. The van der Waals surface area contributed by atoms with Gasteiger partial charge in [-0.25, -0.2) is 9.52 Å². The van der Waals surface area contributed by atoms with E-state index in [-0.39, 0.29) is 12.5 Å². The molecule has 0 aliphatic carbocycles. The number of hydrogen-bond acceptors (Lipinski definition) is 8. The van der Waals surface area contributed by atoms with Gasteiger partial charge in [0.15, 0.2) is 11.5 Å². The van der Waals surface area contributed by atoms with Crippen molar-refractivity contribution in [3.8, 4) is 11.5 Å². The van der Waals surface area contributed by atoms with E-state index >= 15 is 0 Å². The Labute approximate surface area is 213 Å². The fraction of sp³-hybridized carbons (Fsp3) is 0.600. The Morgan fingerprint density at radius 3 is 2.39 bits per heavy atom. The predicted molar refractivity (Wildman–Crippen MR) is 140 cm³/mol. The van der Waals surface area contributed by atoms with Crippen molar-refractivity contribution in [2.45, 2.75) is 52.6 Å². The molecule has 3 rings (SSSR count). The van der Waals surface area contributed by atoms with Crippen LogP contribution in [-0.2, 0) is 14.9 Å². The molecule has 1 amide bonds. The second kappa shape index (κ2) is 11.5. The van der Waals surface area contributed by atoms with Crippen molar-refractivity contribution in [1.82, 2.24) is 14.4 Å². The Hall–Kier alpha value is -2.79. The lowest BCUT2D eigenvalue weighted by Gasteiger charge is -2.37. The van der Waals surface area contributed by atoms with Crippen LogP contribution in [0.4, 0.5) is 10.5 Å². The number of rotatable bonds is 9. The SMILES string of the molecule is CCC(CNS(=O)(=O)NC(=O)OC(C)(C)C)C1CCN(c2ccnc3cc(OC)c(OC)cc23)CC1. The first-order chi connectivity index (χ1) is 17.0. The molecule has 1 aromatic carbocycles. The number of methoxy groups -OCH3 is 2. The molecule has 1 unspecified atom stereocenters. The number of fused-ring (bicyclic) bond motifs is 1. The Bertz CT molecular complexity index is 1160. The van der Waals surface area contributed by atoms with Crippen molar-refractivity contribution >= 4 is 32.9 Å². The monoisotopic (exact) mass is 522 g/mol. The number of ether oxygens (including phenoxy) is 3. The van der Waals surface area contributed by atoms with Crippen LogP contribution in [0, 0.1) is 11.8 Å². The summed E-state index contributed by atoms with van der Waals surface area (Å²) in [6.07, 6.45) is 3.49. The topological polar surface area (TPSA) is 119 Å². The minimum Gasteiger partial charge on any atom is -0.493 e. The van der Waals surface area contributed by atoms with Crippen LogP contribution in [0.15, 0.2) is 24.4 Å². The number of nitrogens with zero attached hydrogens (tertiary/aromatic N) is 2. The van der Waals surface area contributed by atoms with Gasteiger partial charge in [0.2, 0.25) is 0 Å². The van der Waals surface area contributed by atoms with Crippen molar-refractivity contribution in [1.29, 1.82) is 0 Å². The highest BCUT2D eigenvalue weighted by molar-refractivity contribution is 7.88. The fourth-order valence-corrected chi connectivity index (χ4v) is 5.42. The lowest BCUT2D eigenvalue weighted by molar-refractivity contribution is 0.0569. The summed E-state index contributed by atoms with van der Waals surface area (Å²) >= 11 is 0. The molecule has 1 aliphatic heterocycles. The van der Waals surface area contributed by atoms with Crippen LogP contribution in [-0.4, -0.2) is 58.9 Å². The number of carbonyl (C=O) groups is 1. The zero-order valence-electron chi connectivity index (χ0n) is 22.0. The van der Waals surface area contributed by atoms with Crippen molar-refractivity contribution in [2.75, 3.05) is 38.8 Å². The van der Waals surface area contributed by atoms with E-state index in [4.69, 9.17) is 14.2 Å². The average Bonchev–Trinajstić information content (AvgIpc) is 2.81. The Morgan fingerprint density at radius 1 is 1.17 bits per heavy atom. The zero-order valence-corrected chi connectivity index (χ0v) is 22.8. The second-order valence-corrected chi connectivity index (χ2v) is 11.5. The van der Waals surface area contributed by atoms with Gasteiger partial charge in [-0.1, -0.05) is 13.3 Å². The molecule has 2 aromatic rings. The largest absolute Gasteiger partial charge is 0.493 e. The van der Waals surface area contributed by atoms with Gasteiger partial charge in [0, 0.05) is 43.0 Å². The Morgan fingerprint density at radius 2 is 1.81 bits per heavy atom. The van der Waals surface area contributed by atoms with Crippen molar-refractivity contribution in [2.24, 2.45) is 11.8 Å². The molecule has 1 aromatic heterocycles. The first-order valence-electron chi connectivity index (χ1n) is 12.2. The molecule has 0 bridgehead atoms. The van der Waals surface area contributed by atoms with Gasteiger partial charge >= 0.3 is 16.3 Å². The molecule has 1 aliphatic rings. The fourth-order valence-electron chi connectivity index (χ4n) is 4.65. The maximum absolute atomic E-state index is 12.3. The van der Waals surface area contributed by atoms with E-state index < -0.39 is 21.9 Å². The highest BCUT2D eigenvalue weighted by Gasteiger charge is 2.28. The standard InChI is InChI=1S/C25H38N4O6S/c1-7-17(16-27-36(31,32)28-24(30)35-25(2,3)4)18-9-12-29(13-10-18)21-8-11-26-20-15-23(34-6)22(33-5)14-19(20)21/h8,11,14-15,17-18,27H,7,9-10,12-13,16H2,1-6H3,(H,28,30). The lowest BCUT2D eigenvalue weighted by Crippen LogP contribution is -2.45. The van der Waals surface area contributed by atoms with E-state index in [1.807, 2.05) is 22.9 Å². The normalized spacial score (nSPS) is 16.0. The van der Waals surface area contributed by atoms with Crippen LogP contribution in [0.1, 0.15) is 47.0 Å². The highest BCUT2D eigenvalue weighted by Crippen LogP contribution is 2.37. The van der Waals surface area contributed by atoms with Crippen molar-refractivity contribution in [3.63, 3.8) is 0 Å².